The minimum absolute atomic E-state index is 0.00290. The first-order chi connectivity index (χ1) is 16.7. The Hall–Kier alpha value is -3.70. The maximum atomic E-state index is 10.8. The van der Waals surface area contributed by atoms with Crippen LogP contribution in [0.15, 0.2) is 40.9 Å². The number of nitrogens with zero attached hydrogens (tertiary/aromatic N) is 5. The Balaban J connectivity index is 0.000000327. The van der Waals surface area contributed by atoms with Gasteiger partial charge >= 0.3 is 0 Å². The maximum Gasteiger partial charge on any atom is 0.258 e. The smallest absolute Gasteiger partial charge is 0.258 e. The number of carbonyl (C=O) groups is 1. The van der Waals surface area contributed by atoms with E-state index in [9.17, 15) is 10.1 Å². The Labute approximate surface area is 207 Å². The molecule has 0 fully saturated rings. The Bertz CT molecular complexity index is 1210. The Morgan fingerprint density at radius 3 is 2.57 bits per heavy atom. The van der Waals surface area contributed by atoms with Crippen molar-refractivity contribution in [1.82, 2.24) is 19.9 Å². The number of aromatic nitrogens is 2. The van der Waals surface area contributed by atoms with Gasteiger partial charge in [0, 0.05) is 25.2 Å². The van der Waals surface area contributed by atoms with Crippen molar-refractivity contribution in [2.45, 2.75) is 39.2 Å². The first kappa shape index (κ1) is 25.9. The molecule has 1 amide bonds. The van der Waals surface area contributed by atoms with Gasteiger partial charge in [-0.05, 0) is 76.5 Å². The van der Waals surface area contributed by atoms with E-state index >= 15 is 0 Å². The molecule has 8 heteroatoms. The number of hydrogen-bond donors (Lipinski definition) is 0. The summed E-state index contributed by atoms with van der Waals surface area (Å²) >= 11 is 0. The number of ether oxygens (including phenoxy) is 1. The zero-order valence-electron chi connectivity index (χ0n) is 21.3. The molecule has 184 valence electrons. The summed E-state index contributed by atoms with van der Waals surface area (Å²) in [7, 11) is 7.26. The number of fused-ring (bicyclic) bond motifs is 1. The highest BCUT2D eigenvalue weighted by atomic mass is 16.5. The molecule has 0 atom stereocenters. The van der Waals surface area contributed by atoms with Gasteiger partial charge in [0.2, 0.25) is 11.7 Å². The summed E-state index contributed by atoms with van der Waals surface area (Å²) < 4.78 is 11.1. The van der Waals surface area contributed by atoms with Crippen LogP contribution in [0.2, 0.25) is 0 Å². The van der Waals surface area contributed by atoms with E-state index in [4.69, 9.17) is 9.26 Å². The predicted molar refractivity (Wildman–Crippen MR) is 135 cm³/mol. The lowest BCUT2D eigenvalue weighted by atomic mass is 10.0. The molecule has 3 aromatic rings. The SMILES string of the molecule is CC(C)Oc1ccc(-c2nc(-c3cccc4c3CCC4)no2)cc1C#N.CN(C)CC(=O)N(C)C. The molecular weight excluding hydrogens is 442 g/mol. The Morgan fingerprint density at radius 2 is 1.94 bits per heavy atom. The Morgan fingerprint density at radius 1 is 1.17 bits per heavy atom. The number of likely N-dealkylation sites (N-methyl/N-ethyl adjacent to an activating group) is 2. The topological polar surface area (TPSA) is 95.5 Å². The second-order valence-corrected chi connectivity index (χ2v) is 9.24. The molecule has 1 aliphatic carbocycles. The van der Waals surface area contributed by atoms with Crippen LogP contribution in [-0.4, -0.2) is 66.7 Å². The maximum absolute atomic E-state index is 10.8. The highest BCUT2D eigenvalue weighted by molar-refractivity contribution is 5.77. The highest BCUT2D eigenvalue weighted by Crippen LogP contribution is 2.32. The fourth-order valence-electron chi connectivity index (χ4n) is 3.80. The lowest BCUT2D eigenvalue weighted by molar-refractivity contribution is -0.129. The summed E-state index contributed by atoms with van der Waals surface area (Å²) in [6, 6.07) is 13.8. The third-order valence-corrected chi connectivity index (χ3v) is 5.47. The van der Waals surface area contributed by atoms with Gasteiger partial charge in [0.1, 0.15) is 11.8 Å². The second kappa shape index (κ2) is 11.6. The monoisotopic (exact) mass is 475 g/mol. The second-order valence-electron chi connectivity index (χ2n) is 9.24. The summed E-state index contributed by atoms with van der Waals surface area (Å²) in [5.41, 5.74) is 4.89. The number of aryl methyl sites for hydroxylation is 1. The standard InChI is InChI=1S/C21H19N3O2.C6H14N2O/c1-13(2)25-19-10-9-15(11-16(19)12-22)21-23-20(24-26-21)18-8-4-6-14-5-3-7-17(14)18;1-7(2)5-6(9)8(3)4/h4,6,8-11,13H,3,5,7H2,1-2H3;5H2,1-4H3. The van der Waals surface area contributed by atoms with Crippen molar-refractivity contribution < 1.29 is 14.1 Å². The molecule has 0 spiro atoms. The van der Waals surface area contributed by atoms with Crippen molar-refractivity contribution in [3.63, 3.8) is 0 Å². The predicted octanol–water partition coefficient (Wildman–Crippen LogP) is 4.19. The summed E-state index contributed by atoms with van der Waals surface area (Å²) in [6.45, 7) is 4.35. The third kappa shape index (κ3) is 6.67. The van der Waals surface area contributed by atoms with Crippen LogP contribution in [0.5, 0.6) is 5.75 Å². The van der Waals surface area contributed by atoms with Crippen LogP contribution in [-0.2, 0) is 17.6 Å². The first-order valence-corrected chi connectivity index (χ1v) is 11.7. The van der Waals surface area contributed by atoms with Crippen molar-refractivity contribution in [2.24, 2.45) is 0 Å². The number of rotatable bonds is 6. The normalized spacial score (nSPS) is 12.1. The minimum Gasteiger partial charge on any atom is -0.490 e. The summed E-state index contributed by atoms with van der Waals surface area (Å²) in [5, 5.41) is 13.6. The number of amides is 1. The van der Waals surface area contributed by atoms with Gasteiger partial charge in [-0.15, -0.1) is 0 Å². The van der Waals surface area contributed by atoms with Crippen LogP contribution in [0.1, 0.15) is 37.0 Å². The lowest BCUT2D eigenvalue weighted by Crippen LogP contribution is -2.32. The molecule has 1 aliphatic rings. The lowest BCUT2D eigenvalue weighted by Gasteiger charge is -2.13. The zero-order chi connectivity index (χ0) is 25.5. The van der Waals surface area contributed by atoms with E-state index in [2.05, 4.69) is 22.3 Å². The third-order valence-electron chi connectivity index (χ3n) is 5.47. The Kier molecular flexibility index (Phi) is 8.61. The summed E-state index contributed by atoms with van der Waals surface area (Å²) in [5.74, 6) is 1.70. The van der Waals surface area contributed by atoms with E-state index in [0.29, 0.717) is 35.1 Å². The largest absolute Gasteiger partial charge is 0.490 e. The van der Waals surface area contributed by atoms with Gasteiger partial charge in [-0.1, -0.05) is 23.4 Å². The number of carbonyl (C=O) groups excluding carboxylic acids is 1. The molecule has 0 bridgehead atoms. The van der Waals surface area contributed by atoms with Crippen LogP contribution in [0.4, 0.5) is 0 Å². The van der Waals surface area contributed by atoms with Gasteiger partial charge in [0.05, 0.1) is 18.2 Å². The van der Waals surface area contributed by atoms with E-state index in [1.807, 2.05) is 51.0 Å². The molecule has 2 aromatic carbocycles. The fraction of sp³-hybridized carbons (Fsp3) is 0.407. The summed E-state index contributed by atoms with van der Waals surface area (Å²) in [6.07, 6.45) is 3.33. The van der Waals surface area contributed by atoms with Gasteiger partial charge in [-0.2, -0.15) is 10.2 Å². The van der Waals surface area contributed by atoms with Crippen LogP contribution in [0.3, 0.4) is 0 Å². The molecule has 4 rings (SSSR count). The van der Waals surface area contributed by atoms with Gasteiger partial charge < -0.3 is 19.1 Å². The van der Waals surface area contributed by atoms with Crippen molar-refractivity contribution >= 4 is 5.91 Å². The molecule has 1 heterocycles. The van der Waals surface area contributed by atoms with Gasteiger partial charge in [0.15, 0.2) is 0 Å². The van der Waals surface area contributed by atoms with Gasteiger partial charge in [-0.25, -0.2) is 0 Å². The molecule has 0 saturated heterocycles. The average molecular weight is 476 g/mol. The molecule has 0 aliphatic heterocycles. The van der Waals surface area contributed by atoms with Crippen molar-refractivity contribution in [1.29, 1.82) is 5.26 Å². The average Bonchev–Trinajstić information content (AvgIpc) is 3.48. The zero-order valence-corrected chi connectivity index (χ0v) is 21.3. The van der Waals surface area contributed by atoms with Crippen LogP contribution >= 0.6 is 0 Å². The van der Waals surface area contributed by atoms with Crippen LogP contribution in [0.25, 0.3) is 22.8 Å². The summed E-state index contributed by atoms with van der Waals surface area (Å²) in [4.78, 5) is 18.8. The van der Waals surface area contributed by atoms with E-state index in [-0.39, 0.29) is 12.0 Å². The van der Waals surface area contributed by atoms with Crippen molar-refractivity contribution in [2.75, 3.05) is 34.7 Å². The molecule has 0 saturated carbocycles. The fourth-order valence-corrected chi connectivity index (χ4v) is 3.80. The molecule has 8 nitrogen and oxygen atoms in total. The number of nitriles is 1. The van der Waals surface area contributed by atoms with Crippen molar-refractivity contribution in [3.05, 3.63) is 53.1 Å². The van der Waals surface area contributed by atoms with Gasteiger partial charge in [-0.3, -0.25) is 4.79 Å². The van der Waals surface area contributed by atoms with Crippen molar-refractivity contribution in [3.8, 4) is 34.7 Å². The molecule has 35 heavy (non-hydrogen) atoms. The van der Waals surface area contributed by atoms with E-state index in [1.54, 1.807) is 31.1 Å². The quantitative estimate of drug-likeness (QED) is 0.527. The highest BCUT2D eigenvalue weighted by Gasteiger charge is 2.20. The van der Waals surface area contributed by atoms with Crippen LogP contribution in [0, 0.1) is 11.3 Å². The van der Waals surface area contributed by atoms with E-state index < -0.39 is 0 Å². The van der Waals surface area contributed by atoms with Crippen LogP contribution < -0.4 is 4.74 Å². The molecule has 0 radical (unpaired) electrons. The van der Waals surface area contributed by atoms with Gasteiger partial charge in [0.25, 0.3) is 5.89 Å². The number of benzene rings is 2. The first-order valence-electron chi connectivity index (χ1n) is 11.7. The molecule has 0 unspecified atom stereocenters. The molecular formula is C27H33N5O3. The number of hydrogen-bond acceptors (Lipinski definition) is 7. The minimum atomic E-state index is 0.00290. The van der Waals surface area contributed by atoms with E-state index in [1.165, 1.54) is 17.5 Å². The molecule has 1 aromatic heterocycles. The van der Waals surface area contributed by atoms with E-state index in [0.717, 1.165) is 18.4 Å². The molecule has 0 N–H and O–H groups in total.